The van der Waals surface area contributed by atoms with E-state index in [2.05, 4.69) is 10.3 Å². The lowest BCUT2D eigenvalue weighted by Crippen LogP contribution is -2.28. The van der Waals surface area contributed by atoms with Gasteiger partial charge in [0.1, 0.15) is 17.0 Å². The van der Waals surface area contributed by atoms with Crippen molar-refractivity contribution in [3.8, 4) is 5.75 Å². The molecular formula is C27H30N2O6S. The molecule has 0 saturated carbocycles. The van der Waals surface area contributed by atoms with E-state index in [1.54, 1.807) is 57.2 Å². The van der Waals surface area contributed by atoms with Gasteiger partial charge in [0.05, 0.1) is 25.8 Å². The number of nitrogens with one attached hydrogen (secondary N) is 1. The molecule has 2 heterocycles. The van der Waals surface area contributed by atoms with E-state index in [1.165, 1.54) is 25.6 Å². The highest BCUT2D eigenvalue weighted by atomic mass is 32.1. The lowest BCUT2D eigenvalue weighted by Gasteiger charge is -2.23. The molecule has 0 saturated heterocycles. The first-order valence-corrected chi connectivity index (χ1v) is 12.2. The van der Waals surface area contributed by atoms with Crippen molar-refractivity contribution in [1.29, 1.82) is 0 Å². The highest BCUT2D eigenvalue weighted by molar-refractivity contribution is 7.10. The number of methoxy groups -OCH3 is 2. The molecule has 0 aliphatic carbocycles. The summed E-state index contributed by atoms with van der Waals surface area (Å²) in [6.45, 7) is 7.24. The van der Waals surface area contributed by atoms with Gasteiger partial charge < -0.3 is 14.2 Å². The van der Waals surface area contributed by atoms with Crippen LogP contribution >= 0.6 is 11.3 Å². The van der Waals surface area contributed by atoms with Crippen LogP contribution in [0.2, 0.25) is 0 Å². The van der Waals surface area contributed by atoms with Crippen molar-refractivity contribution in [2.24, 2.45) is 0 Å². The maximum Gasteiger partial charge on any atom is 0.412 e. The number of rotatable bonds is 8. The van der Waals surface area contributed by atoms with Gasteiger partial charge in [-0.25, -0.2) is 14.6 Å². The zero-order chi connectivity index (χ0) is 26.5. The lowest BCUT2D eigenvalue weighted by atomic mass is 9.86. The SMILES string of the molecule is COC(=O)c1cccc(CC(C(=O)c2csc(C)c2)c2ccc(OC)cc2NC(=O)OC(C)(C)C)n1. The third-order valence-electron chi connectivity index (χ3n) is 5.22. The van der Waals surface area contributed by atoms with Gasteiger partial charge in [-0.05, 0) is 57.5 Å². The van der Waals surface area contributed by atoms with Gasteiger partial charge in [0.25, 0.3) is 0 Å². The van der Waals surface area contributed by atoms with Gasteiger partial charge in [0.15, 0.2) is 5.78 Å². The van der Waals surface area contributed by atoms with Gasteiger partial charge >= 0.3 is 12.1 Å². The second kappa shape index (κ2) is 11.3. The molecule has 0 spiro atoms. The number of carbonyl (C=O) groups excluding carboxylic acids is 3. The number of anilines is 1. The second-order valence-corrected chi connectivity index (χ2v) is 10.3. The van der Waals surface area contributed by atoms with E-state index in [4.69, 9.17) is 14.2 Å². The molecule has 1 amide bonds. The quantitative estimate of drug-likeness (QED) is 0.302. The minimum absolute atomic E-state index is 0.137. The maximum atomic E-state index is 13.8. The summed E-state index contributed by atoms with van der Waals surface area (Å²) in [6, 6.07) is 12.0. The molecule has 190 valence electrons. The number of ether oxygens (including phenoxy) is 3. The summed E-state index contributed by atoms with van der Waals surface area (Å²) in [7, 11) is 2.80. The van der Waals surface area contributed by atoms with Crippen molar-refractivity contribution in [2.45, 2.75) is 45.6 Å². The predicted octanol–water partition coefficient (Wildman–Crippen LogP) is 5.80. The number of amides is 1. The summed E-state index contributed by atoms with van der Waals surface area (Å²) in [5.41, 5.74) is 1.49. The molecule has 0 bridgehead atoms. The topological polar surface area (TPSA) is 104 Å². The summed E-state index contributed by atoms with van der Waals surface area (Å²) in [5, 5.41) is 4.59. The molecule has 1 aromatic carbocycles. The van der Waals surface area contributed by atoms with Crippen LogP contribution < -0.4 is 10.1 Å². The van der Waals surface area contributed by atoms with Crippen molar-refractivity contribution >= 4 is 34.9 Å². The summed E-state index contributed by atoms with van der Waals surface area (Å²) in [6.07, 6.45) is -0.464. The van der Waals surface area contributed by atoms with Crippen LogP contribution in [0.15, 0.2) is 47.8 Å². The first-order chi connectivity index (χ1) is 17.0. The summed E-state index contributed by atoms with van der Waals surface area (Å²) < 4.78 is 15.6. The molecule has 1 atom stereocenters. The maximum absolute atomic E-state index is 13.8. The molecular weight excluding hydrogens is 480 g/mol. The van der Waals surface area contributed by atoms with Crippen LogP contribution in [0.4, 0.5) is 10.5 Å². The van der Waals surface area contributed by atoms with Crippen LogP contribution in [0.1, 0.15) is 63.7 Å². The van der Waals surface area contributed by atoms with Gasteiger partial charge in [-0.1, -0.05) is 12.1 Å². The molecule has 9 heteroatoms. The Balaban J connectivity index is 2.08. The number of nitrogens with zero attached hydrogens (tertiary/aromatic N) is 1. The van der Waals surface area contributed by atoms with E-state index in [0.717, 1.165) is 4.88 Å². The number of benzene rings is 1. The number of Topliss-reactive ketones (excluding diaryl/α,β-unsaturated/α-hetero) is 1. The van der Waals surface area contributed by atoms with Crippen LogP contribution in [0.3, 0.4) is 0 Å². The fourth-order valence-corrected chi connectivity index (χ4v) is 4.32. The fourth-order valence-electron chi connectivity index (χ4n) is 3.63. The van der Waals surface area contributed by atoms with E-state index < -0.39 is 23.6 Å². The third-order valence-corrected chi connectivity index (χ3v) is 6.08. The van der Waals surface area contributed by atoms with Gasteiger partial charge in [0.2, 0.25) is 0 Å². The number of aromatic nitrogens is 1. The molecule has 3 rings (SSSR count). The first-order valence-electron chi connectivity index (χ1n) is 11.3. The normalized spacial score (nSPS) is 11.9. The lowest BCUT2D eigenvalue weighted by molar-refractivity contribution is 0.0591. The Hall–Kier alpha value is -3.72. The van der Waals surface area contributed by atoms with Gasteiger partial charge in [-0.15, -0.1) is 11.3 Å². The van der Waals surface area contributed by atoms with Crippen LogP contribution in [0.25, 0.3) is 0 Å². The smallest absolute Gasteiger partial charge is 0.412 e. The van der Waals surface area contributed by atoms with Crippen molar-refractivity contribution in [3.63, 3.8) is 0 Å². The number of hydrogen-bond acceptors (Lipinski definition) is 8. The van der Waals surface area contributed by atoms with Crippen molar-refractivity contribution < 1.29 is 28.6 Å². The number of ketones is 1. The molecule has 3 aromatic rings. The number of thiophene rings is 1. The van der Waals surface area contributed by atoms with E-state index in [-0.39, 0.29) is 17.9 Å². The minimum atomic E-state index is -0.713. The molecule has 2 aromatic heterocycles. The third kappa shape index (κ3) is 6.91. The monoisotopic (exact) mass is 510 g/mol. The zero-order valence-electron chi connectivity index (χ0n) is 21.2. The molecule has 0 aliphatic rings. The number of pyridine rings is 1. The zero-order valence-corrected chi connectivity index (χ0v) is 22.0. The van der Waals surface area contributed by atoms with Crippen LogP contribution in [0.5, 0.6) is 5.75 Å². The fraction of sp³-hybridized carbons (Fsp3) is 0.333. The Kier molecular flexibility index (Phi) is 8.47. The van der Waals surface area contributed by atoms with Crippen molar-refractivity contribution in [2.75, 3.05) is 19.5 Å². The Morgan fingerprint density at radius 3 is 2.44 bits per heavy atom. The Labute approximate surface area is 214 Å². The van der Waals surface area contributed by atoms with E-state index >= 15 is 0 Å². The molecule has 0 aliphatic heterocycles. The first kappa shape index (κ1) is 26.9. The van der Waals surface area contributed by atoms with Crippen LogP contribution in [0, 0.1) is 6.92 Å². The van der Waals surface area contributed by atoms with Crippen molar-refractivity contribution in [1.82, 2.24) is 4.98 Å². The second-order valence-electron chi connectivity index (χ2n) is 9.15. The standard InChI is InChI=1S/C27H30N2O6S/c1-16-12-17(15-36-16)24(30)21(13-18-8-7-9-22(28-18)25(31)34-6)20-11-10-19(33-5)14-23(20)29-26(32)35-27(2,3)4/h7-12,14-15,21H,13H2,1-6H3,(H,29,32). The Morgan fingerprint density at radius 1 is 1.08 bits per heavy atom. The number of aryl methyl sites for hydroxylation is 1. The van der Waals surface area contributed by atoms with E-state index in [0.29, 0.717) is 28.3 Å². The number of carbonyl (C=O) groups is 3. The predicted molar refractivity (Wildman–Crippen MR) is 138 cm³/mol. The highest BCUT2D eigenvalue weighted by Gasteiger charge is 2.28. The van der Waals surface area contributed by atoms with Gasteiger partial charge in [0, 0.05) is 34.0 Å². The Morgan fingerprint density at radius 2 is 1.83 bits per heavy atom. The van der Waals surface area contributed by atoms with Crippen molar-refractivity contribution in [3.05, 3.63) is 75.2 Å². The van der Waals surface area contributed by atoms with Gasteiger partial charge in [-0.2, -0.15) is 0 Å². The van der Waals surface area contributed by atoms with E-state index in [9.17, 15) is 14.4 Å². The molecule has 0 fully saturated rings. The molecule has 36 heavy (non-hydrogen) atoms. The summed E-state index contributed by atoms with van der Waals surface area (Å²) in [4.78, 5) is 43.8. The molecule has 1 unspecified atom stereocenters. The molecule has 8 nitrogen and oxygen atoms in total. The van der Waals surface area contributed by atoms with Crippen LogP contribution in [-0.4, -0.2) is 42.7 Å². The average Bonchev–Trinajstić information content (AvgIpc) is 3.27. The summed E-state index contributed by atoms with van der Waals surface area (Å²) in [5.74, 6) is -0.907. The van der Waals surface area contributed by atoms with Crippen LogP contribution in [-0.2, 0) is 15.9 Å². The van der Waals surface area contributed by atoms with E-state index in [1.807, 2.05) is 18.4 Å². The number of hydrogen-bond donors (Lipinski definition) is 1. The molecule has 0 radical (unpaired) electrons. The van der Waals surface area contributed by atoms with Gasteiger partial charge in [-0.3, -0.25) is 10.1 Å². The minimum Gasteiger partial charge on any atom is -0.497 e. The molecule has 1 N–H and O–H groups in total. The largest absolute Gasteiger partial charge is 0.497 e. The summed E-state index contributed by atoms with van der Waals surface area (Å²) >= 11 is 1.48. The highest BCUT2D eigenvalue weighted by Crippen LogP contribution is 2.34. The average molecular weight is 511 g/mol. The Bertz CT molecular complexity index is 1260. The number of esters is 1.